The fourth-order valence-corrected chi connectivity index (χ4v) is 3.01. The molecule has 14 heavy (non-hydrogen) atoms. The van der Waals surface area contributed by atoms with Gasteiger partial charge in [0.2, 0.25) is 0 Å². The van der Waals surface area contributed by atoms with Gasteiger partial charge in [0.15, 0.2) is 0 Å². The van der Waals surface area contributed by atoms with E-state index in [1.54, 1.807) is 11.3 Å². The Kier molecular flexibility index (Phi) is 5.45. The predicted octanol–water partition coefficient (Wildman–Crippen LogP) is 3.86. The Morgan fingerprint density at radius 1 is 1.57 bits per heavy atom. The highest BCUT2D eigenvalue weighted by molar-refractivity contribution is 9.10. The molecule has 1 nitrogen and oxygen atoms in total. The molecule has 1 rings (SSSR count). The van der Waals surface area contributed by atoms with E-state index in [0.717, 1.165) is 11.0 Å². The van der Waals surface area contributed by atoms with E-state index in [1.807, 2.05) is 0 Å². The first-order chi connectivity index (χ1) is 6.63. The average Bonchev–Trinajstić information content (AvgIpc) is 2.52. The van der Waals surface area contributed by atoms with Gasteiger partial charge in [-0.15, -0.1) is 22.9 Å². The van der Waals surface area contributed by atoms with Crippen LogP contribution in [0.3, 0.4) is 0 Å². The van der Waals surface area contributed by atoms with E-state index in [1.165, 1.54) is 4.88 Å². The summed E-state index contributed by atoms with van der Waals surface area (Å²) >= 11 is 11.1. The molecule has 80 valence electrons. The summed E-state index contributed by atoms with van der Waals surface area (Å²) in [6, 6.07) is 2.54. The highest BCUT2D eigenvalue weighted by Crippen LogP contribution is 2.19. The summed E-state index contributed by atoms with van der Waals surface area (Å²) in [5.41, 5.74) is 0. The molecule has 1 N–H and O–H groups in total. The molecule has 1 atom stereocenters. The summed E-state index contributed by atoms with van der Waals surface area (Å²) in [7, 11) is 0. The van der Waals surface area contributed by atoms with Crippen molar-refractivity contribution in [1.82, 2.24) is 5.32 Å². The van der Waals surface area contributed by atoms with Gasteiger partial charge < -0.3 is 5.32 Å². The SMILES string of the molecule is CC(C)C(CCl)NCc1cc(Br)cs1. The van der Waals surface area contributed by atoms with Gasteiger partial charge in [-0.1, -0.05) is 13.8 Å². The maximum Gasteiger partial charge on any atom is 0.0380 e. The van der Waals surface area contributed by atoms with Crippen molar-refractivity contribution in [3.8, 4) is 0 Å². The summed E-state index contributed by atoms with van der Waals surface area (Å²) in [5, 5.41) is 5.56. The van der Waals surface area contributed by atoms with Crippen LogP contribution in [0.1, 0.15) is 18.7 Å². The number of rotatable bonds is 5. The van der Waals surface area contributed by atoms with Gasteiger partial charge in [0.1, 0.15) is 0 Å². The Bertz CT molecular complexity index is 275. The molecule has 0 saturated carbocycles. The summed E-state index contributed by atoms with van der Waals surface area (Å²) in [5.74, 6) is 1.25. The zero-order chi connectivity index (χ0) is 10.6. The largest absolute Gasteiger partial charge is 0.308 e. The summed E-state index contributed by atoms with van der Waals surface area (Å²) in [4.78, 5) is 1.34. The van der Waals surface area contributed by atoms with Crippen LogP contribution in [-0.2, 0) is 6.54 Å². The van der Waals surface area contributed by atoms with Crippen molar-refractivity contribution >= 4 is 38.9 Å². The molecule has 1 aromatic rings. The lowest BCUT2D eigenvalue weighted by molar-refractivity contribution is 0.432. The third-order valence-corrected chi connectivity index (χ3v) is 4.16. The minimum Gasteiger partial charge on any atom is -0.308 e. The lowest BCUT2D eigenvalue weighted by Gasteiger charge is -2.19. The second-order valence-corrected chi connectivity index (χ2v) is 5.84. The van der Waals surface area contributed by atoms with Crippen LogP contribution in [0.25, 0.3) is 0 Å². The maximum atomic E-state index is 5.87. The number of thiophene rings is 1. The molecule has 0 radical (unpaired) electrons. The molecule has 0 saturated heterocycles. The summed E-state index contributed by atoms with van der Waals surface area (Å²) in [6.45, 7) is 5.28. The zero-order valence-corrected chi connectivity index (χ0v) is 11.5. The molecule has 0 spiro atoms. The highest BCUT2D eigenvalue weighted by Gasteiger charge is 2.11. The molecule has 0 aliphatic rings. The van der Waals surface area contributed by atoms with Crippen LogP contribution < -0.4 is 5.32 Å². The Labute approximate surface area is 103 Å². The van der Waals surface area contributed by atoms with Gasteiger partial charge in [0, 0.05) is 33.2 Å². The molecule has 4 heteroatoms. The van der Waals surface area contributed by atoms with Crippen molar-refractivity contribution in [3.05, 3.63) is 20.8 Å². The van der Waals surface area contributed by atoms with Crippen molar-refractivity contribution in [2.24, 2.45) is 5.92 Å². The van der Waals surface area contributed by atoms with Gasteiger partial charge in [-0.2, -0.15) is 0 Å². The van der Waals surface area contributed by atoms with Crippen LogP contribution in [0.15, 0.2) is 15.9 Å². The quantitative estimate of drug-likeness (QED) is 0.814. The van der Waals surface area contributed by atoms with E-state index >= 15 is 0 Å². The van der Waals surface area contributed by atoms with Crippen LogP contribution in [0.2, 0.25) is 0 Å². The normalized spacial score (nSPS) is 13.5. The molecule has 0 aliphatic carbocycles. The minimum atomic E-state index is 0.401. The number of hydrogen-bond acceptors (Lipinski definition) is 2. The predicted molar refractivity (Wildman–Crippen MR) is 68.2 cm³/mol. The molecule has 0 bridgehead atoms. The topological polar surface area (TPSA) is 12.0 Å². The molecule has 0 aromatic carbocycles. The second-order valence-electron chi connectivity index (χ2n) is 3.62. The van der Waals surface area contributed by atoms with Crippen LogP contribution in [0.5, 0.6) is 0 Å². The van der Waals surface area contributed by atoms with E-state index in [2.05, 4.69) is 46.5 Å². The molecule has 0 aliphatic heterocycles. The van der Waals surface area contributed by atoms with Crippen LogP contribution in [0, 0.1) is 5.92 Å². The zero-order valence-electron chi connectivity index (χ0n) is 8.39. The molecular weight excluding hydrogens is 282 g/mol. The van der Waals surface area contributed by atoms with E-state index in [0.29, 0.717) is 17.8 Å². The van der Waals surface area contributed by atoms with Crippen LogP contribution in [-0.4, -0.2) is 11.9 Å². The van der Waals surface area contributed by atoms with E-state index in [9.17, 15) is 0 Å². The Morgan fingerprint density at radius 2 is 2.29 bits per heavy atom. The van der Waals surface area contributed by atoms with Crippen molar-refractivity contribution in [3.63, 3.8) is 0 Å². The maximum absolute atomic E-state index is 5.87. The van der Waals surface area contributed by atoms with Gasteiger partial charge in [-0.3, -0.25) is 0 Å². The fraction of sp³-hybridized carbons (Fsp3) is 0.600. The average molecular weight is 297 g/mol. The number of alkyl halides is 1. The third kappa shape index (κ3) is 3.89. The van der Waals surface area contributed by atoms with E-state index in [-0.39, 0.29) is 0 Å². The Hall–Kier alpha value is 0.430. The van der Waals surface area contributed by atoms with Gasteiger partial charge in [0.05, 0.1) is 0 Å². The molecule has 1 unspecified atom stereocenters. The molecule has 1 aromatic heterocycles. The van der Waals surface area contributed by atoms with Crippen molar-refractivity contribution in [1.29, 1.82) is 0 Å². The van der Waals surface area contributed by atoms with Gasteiger partial charge in [-0.25, -0.2) is 0 Å². The van der Waals surface area contributed by atoms with Gasteiger partial charge in [0.25, 0.3) is 0 Å². The smallest absolute Gasteiger partial charge is 0.0380 e. The third-order valence-electron chi connectivity index (χ3n) is 2.13. The minimum absolute atomic E-state index is 0.401. The van der Waals surface area contributed by atoms with Crippen molar-refractivity contribution in [2.75, 3.05) is 5.88 Å². The van der Waals surface area contributed by atoms with Gasteiger partial charge in [-0.05, 0) is 27.9 Å². The summed E-state index contributed by atoms with van der Waals surface area (Å²) < 4.78 is 1.16. The van der Waals surface area contributed by atoms with Crippen molar-refractivity contribution < 1.29 is 0 Å². The summed E-state index contributed by atoms with van der Waals surface area (Å²) in [6.07, 6.45) is 0. The first kappa shape index (κ1) is 12.5. The molecule has 1 heterocycles. The first-order valence-electron chi connectivity index (χ1n) is 4.65. The lowest BCUT2D eigenvalue weighted by Crippen LogP contribution is -2.34. The van der Waals surface area contributed by atoms with Crippen LogP contribution >= 0.6 is 38.9 Å². The van der Waals surface area contributed by atoms with Crippen molar-refractivity contribution in [2.45, 2.75) is 26.4 Å². The number of nitrogens with one attached hydrogen (secondary N) is 1. The first-order valence-corrected chi connectivity index (χ1v) is 6.86. The molecular formula is C10H15BrClNS. The Balaban J connectivity index is 2.39. The monoisotopic (exact) mass is 295 g/mol. The highest BCUT2D eigenvalue weighted by atomic mass is 79.9. The second kappa shape index (κ2) is 6.11. The van der Waals surface area contributed by atoms with E-state index in [4.69, 9.17) is 11.6 Å². The molecule has 0 amide bonds. The standard InChI is InChI=1S/C10H15BrClNS/c1-7(2)10(4-12)13-5-9-3-8(11)6-14-9/h3,6-7,10,13H,4-5H2,1-2H3. The van der Waals surface area contributed by atoms with Gasteiger partial charge >= 0.3 is 0 Å². The number of hydrogen-bond donors (Lipinski definition) is 1. The Morgan fingerprint density at radius 3 is 2.71 bits per heavy atom. The van der Waals surface area contributed by atoms with E-state index < -0.39 is 0 Å². The fourth-order valence-electron chi connectivity index (χ4n) is 1.15. The van der Waals surface area contributed by atoms with Crippen LogP contribution in [0.4, 0.5) is 0 Å². The number of halogens is 2. The molecule has 0 fully saturated rings. The lowest BCUT2D eigenvalue weighted by atomic mass is 10.1.